The van der Waals surface area contributed by atoms with Crippen LogP contribution in [-0.2, 0) is 9.59 Å². The highest BCUT2D eigenvalue weighted by Gasteiger charge is 2.16. The molecule has 0 radical (unpaired) electrons. The highest BCUT2D eigenvalue weighted by molar-refractivity contribution is 5.96. The smallest absolute Gasteiger partial charge is 0.244 e. The van der Waals surface area contributed by atoms with Crippen LogP contribution < -0.4 is 5.32 Å². The molecule has 112 valence electrons. The zero-order valence-electron chi connectivity index (χ0n) is 12.5. The second-order valence-electron chi connectivity index (χ2n) is 5.35. The number of nitrogens with zero attached hydrogens (tertiary/aromatic N) is 1. The van der Waals surface area contributed by atoms with Gasteiger partial charge in [-0.3, -0.25) is 9.59 Å². The zero-order chi connectivity index (χ0) is 15.1. The number of rotatable bonds is 4. The molecule has 0 aliphatic carbocycles. The van der Waals surface area contributed by atoms with Gasteiger partial charge < -0.3 is 10.2 Å². The molecule has 1 aromatic carbocycles. The topological polar surface area (TPSA) is 49.4 Å². The Morgan fingerprint density at radius 3 is 2.48 bits per heavy atom. The zero-order valence-corrected chi connectivity index (χ0v) is 12.5. The number of amides is 2. The van der Waals surface area contributed by atoms with E-state index in [-0.39, 0.29) is 18.4 Å². The van der Waals surface area contributed by atoms with Crippen LogP contribution >= 0.6 is 0 Å². The van der Waals surface area contributed by atoms with Gasteiger partial charge in [0.15, 0.2) is 0 Å². The van der Waals surface area contributed by atoms with Crippen LogP contribution in [-0.4, -0.2) is 36.3 Å². The highest BCUT2D eigenvalue weighted by Crippen LogP contribution is 2.12. The first-order valence-electron chi connectivity index (χ1n) is 7.46. The second-order valence-corrected chi connectivity index (χ2v) is 5.35. The summed E-state index contributed by atoms with van der Waals surface area (Å²) in [4.78, 5) is 25.6. The maximum atomic E-state index is 11.9. The van der Waals surface area contributed by atoms with Gasteiger partial charge in [0.05, 0.1) is 6.54 Å². The summed E-state index contributed by atoms with van der Waals surface area (Å²) in [6.45, 7) is 3.60. The van der Waals surface area contributed by atoms with Crippen molar-refractivity contribution >= 4 is 17.4 Å². The van der Waals surface area contributed by atoms with Crippen LogP contribution in [0.1, 0.15) is 31.7 Å². The summed E-state index contributed by atoms with van der Waals surface area (Å²) in [6.07, 6.45) is 4.85. The molecule has 0 spiro atoms. The quantitative estimate of drug-likeness (QED) is 0.863. The number of hydrogen-bond acceptors (Lipinski definition) is 2. The van der Waals surface area contributed by atoms with E-state index in [1.807, 2.05) is 42.2 Å². The molecule has 0 bridgehead atoms. The molecule has 1 aromatic rings. The summed E-state index contributed by atoms with van der Waals surface area (Å²) in [6, 6.07) is 9.72. The molecule has 1 N–H and O–H groups in total. The highest BCUT2D eigenvalue weighted by atomic mass is 16.2. The maximum absolute atomic E-state index is 11.9. The first-order valence-corrected chi connectivity index (χ1v) is 7.46. The van der Waals surface area contributed by atoms with Gasteiger partial charge in [0.25, 0.3) is 0 Å². The SMILES string of the molecule is C/C(=C\C(=O)NCC(=O)N1CCCCC1)c1ccccc1. The van der Waals surface area contributed by atoms with Crippen LogP contribution in [0.5, 0.6) is 0 Å². The lowest BCUT2D eigenvalue weighted by molar-refractivity contribution is -0.132. The number of piperidine rings is 1. The lowest BCUT2D eigenvalue weighted by Gasteiger charge is -2.26. The molecule has 0 aromatic heterocycles. The van der Waals surface area contributed by atoms with Crippen LogP contribution in [0, 0.1) is 0 Å². The fourth-order valence-electron chi connectivity index (χ4n) is 2.45. The summed E-state index contributed by atoms with van der Waals surface area (Å²) >= 11 is 0. The van der Waals surface area contributed by atoms with E-state index in [1.54, 1.807) is 6.08 Å². The fourth-order valence-corrected chi connectivity index (χ4v) is 2.45. The van der Waals surface area contributed by atoms with E-state index in [1.165, 1.54) is 6.42 Å². The van der Waals surface area contributed by atoms with Crippen LogP contribution in [0.4, 0.5) is 0 Å². The normalized spacial score (nSPS) is 15.7. The summed E-state index contributed by atoms with van der Waals surface area (Å²) in [5.74, 6) is -0.212. The molecule has 0 unspecified atom stereocenters. The third-order valence-corrected chi connectivity index (χ3v) is 3.70. The van der Waals surface area contributed by atoms with Crippen molar-refractivity contribution < 1.29 is 9.59 Å². The number of likely N-dealkylation sites (tertiary alicyclic amines) is 1. The number of carbonyl (C=O) groups is 2. The Morgan fingerprint density at radius 2 is 1.81 bits per heavy atom. The number of benzene rings is 1. The lowest BCUT2D eigenvalue weighted by Crippen LogP contribution is -2.42. The van der Waals surface area contributed by atoms with Crippen molar-refractivity contribution in [1.29, 1.82) is 0 Å². The molecule has 1 fully saturated rings. The molecule has 1 heterocycles. The van der Waals surface area contributed by atoms with Crippen molar-refractivity contribution in [3.8, 4) is 0 Å². The molecular weight excluding hydrogens is 264 g/mol. The van der Waals surface area contributed by atoms with Crippen molar-refractivity contribution in [3.63, 3.8) is 0 Å². The Hall–Kier alpha value is -2.10. The standard InChI is InChI=1S/C17H22N2O2/c1-14(15-8-4-2-5-9-15)12-16(20)18-13-17(21)19-10-6-3-7-11-19/h2,4-5,8-9,12H,3,6-7,10-11,13H2,1H3,(H,18,20)/b14-12+. The number of allylic oxidation sites excluding steroid dienone is 1. The average molecular weight is 286 g/mol. The maximum Gasteiger partial charge on any atom is 0.244 e. The van der Waals surface area contributed by atoms with Crippen molar-refractivity contribution in [3.05, 3.63) is 42.0 Å². The van der Waals surface area contributed by atoms with Crippen molar-refractivity contribution in [2.24, 2.45) is 0 Å². The predicted octanol–water partition coefficient (Wildman–Crippen LogP) is 2.22. The third kappa shape index (κ3) is 4.74. The van der Waals surface area contributed by atoms with E-state index in [2.05, 4.69) is 5.32 Å². The van der Waals surface area contributed by atoms with Crippen molar-refractivity contribution in [2.45, 2.75) is 26.2 Å². The predicted molar refractivity (Wildman–Crippen MR) is 83.5 cm³/mol. The van der Waals surface area contributed by atoms with Gasteiger partial charge in [0.1, 0.15) is 0 Å². The third-order valence-electron chi connectivity index (χ3n) is 3.70. The number of nitrogens with one attached hydrogen (secondary N) is 1. The molecule has 1 aliphatic rings. The molecule has 4 heteroatoms. The van der Waals surface area contributed by atoms with Gasteiger partial charge in [-0.25, -0.2) is 0 Å². The number of carbonyl (C=O) groups excluding carboxylic acids is 2. The minimum atomic E-state index is -0.221. The van der Waals surface area contributed by atoms with Crippen LogP contribution in [0.3, 0.4) is 0 Å². The van der Waals surface area contributed by atoms with Crippen LogP contribution in [0.2, 0.25) is 0 Å². The van der Waals surface area contributed by atoms with Gasteiger partial charge in [0.2, 0.25) is 11.8 Å². The molecule has 0 saturated carbocycles. The summed E-state index contributed by atoms with van der Waals surface area (Å²) in [7, 11) is 0. The monoisotopic (exact) mass is 286 g/mol. The van der Waals surface area contributed by atoms with Gasteiger partial charge in [-0.15, -0.1) is 0 Å². The molecule has 2 amide bonds. The van der Waals surface area contributed by atoms with Crippen LogP contribution in [0.25, 0.3) is 5.57 Å². The molecule has 1 aliphatic heterocycles. The van der Waals surface area contributed by atoms with Gasteiger partial charge in [0, 0.05) is 19.2 Å². The van der Waals surface area contributed by atoms with Gasteiger partial charge >= 0.3 is 0 Å². The van der Waals surface area contributed by atoms with Crippen molar-refractivity contribution in [2.75, 3.05) is 19.6 Å². The minimum absolute atomic E-state index is 0.00816. The lowest BCUT2D eigenvalue weighted by atomic mass is 10.1. The number of hydrogen-bond donors (Lipinski definition) is 1. The second kappa shape index (κ2) is 7.62. The van der Waals surface area contributed by atoms with Crippen LogP contribution in [0.15, 0.2) is 36.4 Å². The molecule has 21 heavy (non-hydrogen) atoms. The molecular formula is C17H22N2O2. The Kier molecular flexibility index (Phi) is 5.55. The molecule has 4 nitrogen and oxygen atoms in total. The van der Waals surface area contributed by atoms with Gasteiger partial charge in [-0.1, -0.05) is 30.3 Å². The largest absolute Gasteiger partial charge is 0.343 e. The van der Waals surface area contributed by atoms with Crippen molar-refractivity contribution in [1.82, 2.24) is 10.2 Å². The van der Waals surface area contributed by atoms with E-state index in [0.717, 1.165) is 37.1 Å². The van der Waals surface area contributed by atoms with E-state index in [4.69, 9.17) is 0 Å². The Bertz CT molecular complexity index is 517. The van der Waals surface area contributed by atoms with E-state index < -0.39 is 0 Å². The fraction of sp³-hybridized carbons (Fsp3) is 0.412. The Balaban J connectivity index is 1.83. The molecule has 0 atom stereocenters. The van der Waals surface area contributed by atoms with E-state index in [9.17, 15) is 9.59 Å². The minimum Gasteiger partial charge on any atom is -0.343 e. The van der Waals surface area contributed by atoms with E-state index in [0.29, 0.717) is 0 Å². The molecule has 2 rings (SSSR count). The summed E-state index contributed by atoms with van der Waals surface area (Å²) in [5.41, 5.74) is 1.90. The van der Waals surface area contributed by atoms with Gasteiger partial charge in [-0.05, 0) is 37.3 Å². The first kappa shape index (κ1) is 15.3. The van der Waals surface area contributed by atoms with E-state index >= 15 is 0 Å². The summed E-state index contributed by atoms with van der Waals surface area (Å²) in [5, 5.41) is 2.67. The summed E-state index contributed by atoms with van der Waals surface area (Å²) < 4.78 is 0. The molecule has 1 saturated heterocycles. The Morgan fingerprint density at radius 1 is 1.14 bits per heavy atom. The Labute approximate surface area is 125 Å². The van der Waals surface area contributed by atoms with Gasteiger partial charge in [-0.2, -0.15) is 0 Å². The average Bonchev–Trinajstić information content (AvgIpc) is 2.54. The first-order chi connectivity index (χ1) is 10.2.